The lowest BCUT2D eigenvalue weighted by Crippen LogP contribution is -1.98. The van der Waals surface area contributed by atoms with Crippen molar-refractivity contribution in [2.45, 2.75) is 0 Å². The lowest BCUT2D eigenvalue weighted by molar-refractivity contribution is 0.0696. The van der Waals surface area contributed by atoms with Gasteiger partial charge < -0.3 is 20.5 Å². The van der Waals surface area contributed by atoms with Crippen molar-refractivity contribution in [1.29, 1.82) is 0 Å². The predicted molar refractivity (Wildman–Crippen MR) is 74.4 cm³/mol. The van der Waals surface area contributed by atoms with Crippen LogP contribution in [0.2, 0.25) is 0 Å². The quantitative estimate of drug-likeness (QED) is 0.548. The Morgan fingerprint density at radius 1 is 1.20 bits per heavy atom. The van der Waals surface area contributed by atoms with Gasteiger partial charge in [0.25, 0.3) is 0 Å². The van der Waals surface area contributed by atoms with Gasteiger partial charge in [-0.05, 0) is 30.3 Å². The van der Waals surface area contributed by atoms with Crippen LogP contribution in [0.4, 0.5) is 11.6 Å². The number of benzene rings is 2. The van der Waals surface area contributed by atoms with Crippen molar-refractivity contribution in [3.63, 3.8) is 0 Å². The maximum atomic E-state index is 10.8. The number of aromatic nitrogens is 2. The van der Waals surface area contributed by atoms with Crippen LogP contribution in [0.25, 0.3) is 11.0 Å². The monoisotopic (exact) mass is 269 g/mol. The Hall–Kier alpha value is -3.02. The van der Waals surface area contributed by atoms with Crippen LogP contribution < -0.4 is 5.32 Å². The molecule has 0 amide bonds. The first-order valence-corrected chi connectivity index (χ1v) is 5.91. The van der Waals surface area contributed by atoms with Crippen molar-refractivity contribution in [2.75, 3.05) is 5.32 Å². The van der Waals surface area contributed by atoms with Crippen LogP contribution in [0.5, 0.6) is 5.75 Å². The largest absolute Gasteiger partial charge is 0.506 e. The number of phenols is 1. The molecule has 1 aromatic heterocycles. The van der Waals surface area contributed by atoms with E-state index in [1.807, 2.05) is 24.3 Å². The van der Waals surface area contributed by atoms with Crippen LogP contribution in [0, 0.1) is 0 Å². The number of H-pyrrole nitrogens is 1. The van der Waals surface area contributed by atoms with Crippen LogP contribution in [0.15, 0.2) is 42.5 Å². The Bertz CT molecular complexity index is 762. The molecule has 4 N–H and O–H groups in total. The van der Waals surface area contributed by atoms with Crippen LogP contribution in [-0.2, 0) is 0 Å². The molecule has 6 heteroatoms. The first kappa shape index (κ1) is 12.0. The number of carboxylic acids is 1. The van der Waals surface area contributed by atoms with Crippen LogP contribution >= 0.6 is 0 Å². The van der Waals surface area contributed by atoms with E-state index >= 15 is 0 Å². The number of hydrogen-bond donors (Lipinski definition) is 4. The van der Waals surface area contributed by atoms with Crippen molar-refractivity contribution in [2.24, 2.45) is 0 Å². The van der Waals surface area contributed by atoms with Gasteiger partial charge in [0, 0.05) is 0 Å². The van der Waals surface area contributed by atoms with Gasteiger partial charge in [0.05, 0.1) is 22.3 Å². The molecule has 3 aromatic rings. The molecule has 0 aliphatic heterocycles. The van der Waals surface area contributed by atoms with E-state index in [1.54, 1.807) is 0 Å². The number of para-hydroxylation sites is 2. The van der Waals surface area contributed by atoms with Crippen molar-refractivity contribution in [3.8, 4) is 5.75 Å². The van der Waals surface area contributed by atoms with Gasteiger partial charge in [-0.2, -0.15) is 0 Å². The molecule has 0 spiro atoms. The fraction of sp³-hybridized carbons (Fsp3) is 0. The molecule has 0 fully saturated rings. The first-order valence-electron chi connectivity index (χ1n) is 5.91. The van der Waals surface area contributed by atoms with Crippen LogP contribution in [0.1, 0.15) is 10.4 Å². The van der Waals surface area contributed by atoms with Gasteiger partial charge >= 0.3 is 5.97 Å². The molecular weight excluding hydrogens is 258 g/mol. The molecule has 0 atom stereocenters. The molecule has 6 nitrogen and oxygen atoms in total. The van der Waals surface area contributed by atoms with Crippen molar-refractivity contribution in [1.82, 2.24) is 9.97 Å². The van der Waals surface area contributed by atoms with E-state index in [4.69, 9.17) is 5.11 Å². The van der Waals surface area contributed by atoms with Crippen molar-refractivity contribution < 1.29 is 15.0 Å². The van der Waals surface area contributed by atoms with E-state index < -0.39 is 5.97 Å². The van der Waals surface area contributed by atoms with E-state index in [-0.39, 0.29) is 11.3 Å². The molecule has 0 bridgehead atoms. The van der Waals surface area contributed by atoms with E-state index in [0.29, 0.717) is 11.6 Å². The zero-order chi connectivity index (χ0) is 14.1. The fourth-order valence-electron chi connectivity index (χ4n) is 1.91. The average molecular weight is 269 g/mol. The highest BCUT2D eigenvalue weighted by Gasteiger charge is 2.09. The molecule has 0 unspecified atom stereocenters. The number of anilines is 2. The number of aromatic amines is 1. The van der Waals surface area contributed by atoms with E-state index in [0.717, 1.165) is 11.0 Å². The molecule has 0 aliphatic rings. The van der Waals surface area contributed by atoms with E-state index in [1.165, 1.54) is 18.2 Å². The minimum Gasteiger partial charge on any atom is -0.506 e. The Morgan fingerprint density at radius 2 is 2.00 bits per heavy atom. The third-order valence-electron chi connectivity index (χ3n) is 2.89. The molecule has 3 rings (SSSR count). The van der Waals surface area contributed by atoms with Crippen molar-refractivity contribution >= 4 is 28.6 Å². The normalized spacial score (nSPS) is 10.6. The summed E-state index contributed by atoms with van der Waals surface area (Å²) >= 11 is 0. The Labute approximate surface area is 113 Å². The lowest BCUT2D eigenvalue weighted by atomic mass is 10.2. The number of imidazole rings is 1. The van der Waals surface area contributed by atoms with Gasteiger partial charge in [-0.1, -0.05) is 12.1 Å². The average Bonchev–Trinajstić information content (AvgIpc) is 2.83. The minimum absolute atomic E-state index is 0.0256. The maximum absolute atomic E-state index is 10.8. The number of aromatic hydroxyl groups is 1. The van der Waals surface area contributed by atoms with Crippen LogP contribution in [0.3, 0.4) is 0 Å². The van der Waals surface area contributed by atoms with Gasteiger partial charge in [-0.25, -0.2) is 9.78 Å². The van der Waals surface area contributed by atoms with Crippen LogP contribution in [-0.4, -0.2) is 26.2 Å². The highest BCUT2D eigenvalue weighted by Crippen LogP contribution is 2.27. The third kappa shape index (κ3) is 2.14. The molecule has 2 aromatic carbocycles. The number of carbonyl (C=O) groups is 1. The predicted octanol–water partition coefficient (Wildman–Crippen LogP) is 2.71. The summed E-state index contributed by atoms with van der Waals surface area (Å²) in [4.78, 5) is 18.2. The second-order valence-corrected chi connectivity index (χ2v) is 4.26. The number of hydrogen-bond acceptors (Lipinski definition) is 4. The summed E-state index contributed by atoms with van der Waals surface area (Å²) < 4.78 is 0. The maximum Gasteiger partial charge on any atom is 0.335 e. The highest BCUT2D eigenvalue weighted by molar-refractivity contribution is 5.89. The number of nitrogens with one attached hydrogen (secondary N) is 2. The summed E-state index contributed by atoms with van der Waals surface area (Å²) in [6.07, 6.45) is 0. The minimum atomic E-state index is -1.09. The molecular formula is C14H11N3O3. The third-order valence-corrected chi connectivity index (χ3v) is 2.89. The highest BCUT2D eigenvalue weighted by atomic mass is 16.4. The van der Waals surface area contributed by atoms with Gasteiger partial charge in [0.2, 0.25) is 5.95 Å². The van der Waals surface area contributed by atoms with E-state index in [9.17, 15) is 9.90 Å². The molecule has 0 aliphatic carbocycles. The second-order valence-electron chi connectivity index (χ2n) is 4.26. The number of nitrogens with zero attached hydrogens (tertiary/aromatic N) is 1. The van der Waals surface area contributed by atoms with Gasteiger partial charge in [0.15, 0.2) is 0 Å². The van der Waals surface area contributed by atoms with Gasteiger partial charge in [-0.15, -0.1) is 0 Å². The first-order chi connectivity index (χ1) is 9.63. The summed E-state index contributed by atoms with van der Waals surface area (Å²) in [5.41, 5.74) is 2.08. The molecule has 0 saturated carbocycles. The summed E-state index contributed by atoms with van der Waals surface area (Å²) in [6, 6.07) is 11.6. The van der Waals surface area contributed by atoms with Crippen molar-refractivity contribution in [3.05, 3.63) is 48.0 Å². The number of aromatic carboxylic acids is 1. The lowest BCUT2D eigenvalue weighted by Gasteiger charge is -2.06. The zero-order valence-corrected chi connectivity index (χ0v) is 10.3. The number of fused-ring (bicyclic) bond motifs is 1. The fourth-order valence-corrected chi connectivity index (χ4v) is 1.91. The molecule has 0 radical (unpaired) electrons. The standard InChI is InChI=1S/C14H11N3O3/c18-12-7-8(13(19)20)5-6-11(12)17-14-15-9-3-1-2-4-10(9)16-14/h1-7,18H,(H,19,20)(H2,15,16,17). The second kappa shape index (κ2) is 4.58. The molecule has 100 valence electrons. The summed E-state index contributed by atoms with van der Waals surface area (Å²) in [7, 11) is 0. The number of carboxylic acid groups (broad SMARTS) is 1. The topological polar surface area (TPSA) is 98.2 Å². The molecule has 0 saturated heterocycles. The van der Waals surface area contributed by atoms with Gasteiger partial charge in [0.1, 0.15) is 5.75 Å². The summed E-state index contributed by atoms with van der Waals surface area (Å²) in [5, 5.41) is 21.6. The Balaban J connectivity index is 1.92. The Kier molecular flexibility index (Phi) is 2.76. The van der Waals surface area contributed by atoms with E-state index in [2.05, 4.69) is 15.3 Å². The number of phenolic OH excluding ortho intramolecular Hbond substituents is 1. The SMILES string of the molecule is O=C(O)c1ccc(Nc2nc3ccccc3[nH]2)c(O)c1. The molecule has 1 heterocycles. The van der Waals surface area contributed by atoms with Gasteiger partial charge in [-0.3, -0.25) is 0 Å². The smallest absolute Gasteiger partial charge is 0.335 e. The molecule has 20 heavy (non-hydrogen) atoms. The summed E-state index contributed by atoms with van der Waals surface area (Å²) in [6.45, 7) is 0. The Morgan fingerprint density at radius 3 is 2.70 bits per heavy atom. The summed E-state index contributed by atoms with van der Waals surface area (Å²) in [5.74, 6) is -0.759. The number of rotatable bonds is 3. The zero-order valence-electron chi connectivity index (χ0n) is 10.3.